The second-order valence-electron chi connectivity index (χ2n) is 7.01. The number of aromatic hydroxyl groups is 1. The molecule has 1 fully saturated rings. The number of amides is 1. The molecule has 1 spiro atoms. The lowest BCUT2D eigenvalue weighted by Crippen LogP contribution is -2.40. The monoisotopic (exact) mass is 383 g/mol. The number of nitrogens with one attached hydrogen (secondary N) is 1. The molecular weight excluding hydrogens is 362 g/mol. The summed E-state index contributed by atoms with van der Waals surface area (Å²) in [6.07, 6.45) is 5.04. The lowest BCUT2D eigenvalue weighted by atomic mass is 9.94. The summed E-state index contributed by atoms with van der Waals surface area (Å²) in [5.41, 5.74) is 0.710. The maximum Gasteiger partial charge on any atom is 0.338 e. The van der Waals surface area contributed by atoms with E-state index in [0.717, 1.165) is 25.7 Å². The lowest BCUT2D eigenvalue weighted by molar-refractivity contribution is -0.119. The Morgan fingerprint density at radius 3 is 2.61 bits per heavy atom. The summed E-state index contributed by atoms with van der Waals surface area (Å²) in [4.78, 5) is 24.0. The van der Waals surface area contributed by atoms with Crippen molar-refractivity contribution in [1.82, 2.24) is 0 Å². The summed E-state index contributed by atoms with van der Waals surface area (Å²) >= 11 is 0. The van der Waals surface area contributed by atoms with Gasteiger partial charge in [0.2, 0.25) is 0 Å². The molecule has 0 atom stereocenters. The van der Waals surface area contributed by atoms with Crippen LogP contribution in [0.3, 0.4) is 0 Å². The number of carbonyl (C=O) groups excluding carboxylic acids is 2. The number of fused-ring (bicyclic) bond motifs is 1. The zero-order chi connectivity index (χ0) is 19.6. The molecule has 2 N–H and O–H groups in total. The molecule has 28 heavy (non-hydrogen) atoms. The predicted molar refractivity (Wildman–Crippen MR) is 101 cm³/mol. The van der Waals surface area contributed by atoms with Crippen molar-refractivity contribution in [3.05, 3.63) is 48.0 Å². The van der Waals surface area contributed by atoms with E-state index in [4.69, 9.17) is 14.2 Å². The van der Waals surface area contributed by atoms with Gasteiger partial charge in [-0.15, -0.1) is 0 Å². The molecule has 0 radical (unpaired) electrons. The number of hydrogen-bond acceptors (Lipinski definition) is 6. The van der Waals surface area contributed by atoms with Crippen molar-refractivity contribution in [2.24, 2.45) is 0 Å². The summed E-state index contributed by atoms with van der Waals surface area (Å²) in [7, 11) is 0. The topological polar surface area (TPSA) is 94.1 Å². The maximum atomic E-state index is 12.1. The number of anilines is 1. The van der Waals surface area contributed by atoms with Gasteiger partial charge in [-0.05, 0) is 43.2 Å². The van der Waals surface area contributed by atoms with E-state index in [1.54, 1.807) is 18.2 Å². The van der Waals surface area contributed by atoms with Crippen molar-refractivity contribution in [3.63, 3.8) is 0 Å². The zero-order valence-electron chi connectivity index (χ0n) is 15.3. The standard InChI is InChI=1S/C21H21NO6/c23-16-6-4-5-14(11-16)20(25)26-13-19(24)22-15-7-8-17-18(12-15)28-21(27-17)9-2-1-3-10-21/h4-8,11-12,23H,1-3,9-10,13H2,(H,22,24). The van der Waals surface area contributed by atoms with Crippen molar-refractivity contribution in [2.45, 2.75) is 37.9 Å². The Kier molecular flexibility index (Phi) is 4.81. The van der Waals surface area contributed by atoms with Gasteiger partial charge < -0.3 is 24.6 Å². The molecule has 0 saturated heterocycles. The summed E-state index contributed by atoms with van der Waals surface area (Å²) in [5, 5.41) is 12.1. The molecule has 7 nitrogen and oxygen atoms in total. The smallest absolute Gasteiger partial charge is 0.338 e. The first-order valence-electron chi connectivity index (χ1n) is 9.31. The van der Waals surface area contributed by atoms with Gasteiger partial charge in [0, 0.05) is 24.6 Å². The first-order valence-corrected chi connectivity index (χ1v) is 9.31. The Balaban J connectivity index is 1.33. The fourth-order valence-electron chi connectivity index (χ4n) is 3.51. The highest BCUT2D eigenvalue weighted by atomic mass is 16.7. The van der Waals surface area contributed by atoms with Gasteiger partial charge in [-0.2, -0.15) is 0 Å². The SMILES string of the molecule is O=C(COC(=O)c1cccc(O)c1)Nc1ccc2c(c1)OC1(CCCCC1)O2. The first kappa shape index (κ1) is 18.2. The van der Waals surface area contributed by atoms with Gasteiger partial charge in [-0.3, -0.25) is 4.79 Å². The van der Waals surface area contributed by atoms with Crippen LogP contribution in [0.2, 0.25) is 0 Å². The Labute approximate surface area is 162 Å². The normalized spacial score (nSPS) is 16.6. The minimum atomic E-state index is -0.684. The molecule has 4 rings (SSSR count). The molecule has 0 aromatic heterocycles. The quantitative estimate of drug-likeness (QED) is 0.783. The molecule has 2 aliphatic rings. The summed E-state index contributed by atoms with van der Waals surface area (Å²) in [5.74, 6) is -0.489. The largest absolute Gasteiger partial charge is 0.508 e. The van der Waals surface area contributed by atoms with Crippen LogP contribution in [0.4, 0.5) is 5.69 Å². The summed E-state index contributed by atoms with van der Waals surface area (Å²) < 4.78 is 17.0. The van der Waals surface area contributed by atoms with Crippen LogP contribution in [-0.4, -0.2) is 29.4 Å². The van der Waals surface area contributed by atoms with E-state index in [2.05, 4.69) is 5.32 Å². The van der Waals surface area contributed by atoms with Crippen molar-refractivity contribution >= 4 is 17.6 Å². The number of ether oxygens (including phenoxy) is 3. The van der Waals surface area contributed by atoms with E-state index >= 15 is 0 Å². The summed E-state index contributed by atoms with van der Waals surface area (Å²) in [6, 6.07) is 11.0. The highest BCUT2D eigenvalue weighted by Crippen LogP contribution is 2.46. The van der Waals surface area contributed by atoms with Crippen molar-refractivity contribution < 1.29 is 28.9 Å². The van der Waals surface area contributed by atoms with Gasteiger partial charge in [0.05, 0.1) is 5.56 Å². The van der Waals surface area contributed by atoms with Crippen LogP contribution < -0.4 is 14.8 Å². The van der Waals surface area contributed by atoms with Gasteiger partial charge in [0.15, 0.2) is 18.1 Å². The fourth-order valence-corrected chi connectivity index (χ4v) is 3.51. The zero-order valence-corrected chi connectivity index (χ0v) is 15.3. The molecule has 1 saturated carbocycles. The Bertz CT molecular complexity index is 904. The minimum absolute atomic E-state index is 0.0463. The molecule has 2 aromatic carbocycles. The third kappa shape index (κ3) is 3.88. The maximum absolute atomic E-state index is 12.1. The molecule has 1 aliphatic carbocycles. The van der Waals surface area contributed by atoms with Crippen LogP contribution in [0.5, 0.6) is 17.2 Å². The number of rotatable bonds is 4. The molecule has 2 aromatic rings. The molecule has 1 heterocycles. The predicted octanol–water partition coefficient (Wildman–Crippen LogP) is 3.62. The number of carbonyl (C=O) groups is 2. The van der Waals surface area contributed by atoms with Crippen LogP contribution in [0, 0.1) is 0 Å². The molecule has 1 aliphatic heterocycles. The van der Waals surface area contributed by atoms with Gasteiger partial charge in [-0.25, -0.2) is 4.79 Å². The van der Waals surface area contributed by atoms with Crippen LogP contribution >= 0.6 is 0 Å². The molecular formula is C21H21NO6. The lowest BCUT2D eigenvalue weighted by Gasteiger charge is -2.31. The Hall–Kier alpha value is -3.22. The second-order valence-corrected chi connectivity index (χ2v) is 7.01. The van der Waals surface area contributed by atoms with E-state index in [1.165, 1.54) is 30.7 Å². The van der Waals surface area contributed by atoms with Gasteiger partial charge in [0.25, 0.3) is 11.7 Å². The van der Waals surface area contributed by atoms with Crippen LogP contribution in [0.25, 0.3) is 0 Å². The number of phenols is 1. The minimum Gasteiger partial charge on any atom is -0.508 e. The van der Waals surface area contributed by atoms with Crippen molar-refractivity contribution in [1.29, 1.82) is 0 Å². The second kappa shape index (κ2) is 7.42. The van der Waals surface area contributed by atoms with E-state index in [9.17, 15) is 14.7 Å². The number of esters is 1. The van der Waals surface area contributed by atoms with Gasteiger partial charge in [0.1, 0.15) is 5.75 Å². The van der Waals surface area contributed by atoms with Gasteiger partial charge >= 0.3 is 5.97 Å². The van der Waals surface area contributed by atoms with E-state index in [-0.39, 0.29) is 11.3 Å². The summed E-state index contributed by atoms with van der Waals surface area (Å²) in [6.45, 7) is -0.438. The molecule has 1 amide bonds. The van der Waals surface area contributed by atoms with Crippen LogP contribution in [-0.2, 0) is 9.53 Å². The number of benzene rings is 2. The third-order valence-electron chi connectivity index (χ3n) is 4.85. The fraction of sp³-hybridized carbons (Fsp3) is 0.333. The Morgan fingerprint density at radius 2 is 1.82 bits per heavy atom. The average molecular weight is 383 g/mol. The van der Waals surface area contributed by atoms with E-state index in [1.807, 2.05) is 0 Å². The van der Waals surface area contributed by atoms with E-state index < -0.39 is 24.3 Å². The highest BCUT2D eigenvalue weighted by molar-refractivity contribution is 5.95. The van der Waals surface area contributed by atoms with Gasteiger partial charge in [-0.1, -0.05) is 12.5 Å². The third-order valence-corrected chi connectivity index (χ3v) is 4.85. The van der Waals surface area contributed by atoms with Crippen molar-refractivity contribution in [3.8, 4) is 17.2 Å². The molecule has 0 unspecified atom stereocenters. The molecule has 7 heteroatoms. The average Bonchev–Trinajstić information content (AvgIpc) is 3.03. The van der Waals surface area contributed by atoms with Crippen LogP contribution in [0.1, 0.15) is 42.5 Å². The number of phenolic OH excluding ortho intramolecular Hbond substituents is 1. The Morgan fingerprint density at radius 1 is 1.04 bits per heavy atom. The van der Waals surface area contributed by atoms with E-state index in [0.29, 0.717) is 17.2 Å². The molecule has 0 bridgehead atoms. The molecule has 146 valence electrons. The van der Waals surface area contributed by atoms with Crippen LogP contribution in [0.15, 0.2) is 42.5 Å². The highest BCUT2D eigenvalue weighted by Gasteiger charge is 2.42. The van der Waals surface area contributed by atoms with Crippen molar-refractivity contribution in [2.75, 3.05) is 11.9 Å². The number of hydrogen-bond donors (Lipinski definition) is 2. The first-order chi connectivity index (χ1) is 13.5.